The number of nitrogens with one attached hydrogen (secondary N) is 1. The predicted molar refractivity (Wildman–Crippen MR) is 87.4 cm³/mol. The molecule has 4 nitrogen and oxygen atoms in total. The van der Waals surface area contributed by atoms with E-state index < -0.39 is 0 Å². The molecule has 2 rings (SSSR count). The molecule has 0 aliphatic rings. The van der Waals surface area contributed by atoms with Gasteiger partial charge in [-0.3, -0.25) is 4.79 Å². The van der Waals surface area contributed by atoms with Crippen molar-refractivity contribution in [3.8, 4) is 11.5 Å². The number of rotatable bonds is 4. The fourth-order valence-electron chi connectivity index (χ4n) is 1.97. The standard InChI is InChI=1S/C18H21NO3/c1-18(2,3)13-8-10-14(11-9-13)19-17(21)12-22-16-7-5-4-6-15(16)20/h4-11,20H,12H2,1-3H3,(H,19,21). The highest BCUT2D eigenvalue weighted by molar-refractivity contribution is 5.91. The van der Waals surface area contributed by atoms with E-state index in [1.54, 1.807) is 18.2 Å². The third kappa shape index (κ3) is 4.25. The maximum atomic E-state index is 11.9. The highest BCUT2D eigenvalue weighted by Gasteiger charge is 2.13. The van der Waals surface area contributed by atoms with Crippen LogP contribution in [0.1, 0.15) is 26.3 Å². The van der Waals surface area contributed by atoms with Crippen molar-refractivity contribution in [2.45, 2.75) is 26.2 Å². The van der Waals surface area contributed by atoms with Gasteiger partial charge in [-0.15, -0.1) is 0 Å². The normalized spacial score (nSPS) is 11.0. The summed E-state index contributed by atoms with van der Waals surface area (Å²) in [6, 6.07) is 14.3. The Morgan fingerprint density at radius 2 is 1.73 bits per heavy atom. The van der Waals surface area contributed by atoms with Gasteiger partial charge in [0.05, 0.1) is 0 Å². The number of phenols is 1. The molecule has 0 bridgehead atoms. The molecule has 0 fully saturated rings. The molecule has 0 radical (unpaired) electrons. The second kappa shape index (κ2) is 6.52. The van der Waals surface area contributed by atoms with Crippen LogP contribution in [0, 0.1) is 0 Å². The molecule has 0 atom stereocenters. The van der Waals surface area contributed by atoms with Crippen LogP contribution in [-0.2, 0) is 10.2 Å². The Bertz CT molecular complexity index is 642. The van der Waals surface area contributed by atoms with E-state index in [1.807, 2.05) is 24.3 Å². The lowest BCUT2D eigenvalue weighted by Gasteiger charge is -2.19. The minimum Gasteiger partial charge on any atom is -0.504 e. The van der Waals surface area contributed by atoms with Crippen molar-refractivity contribution in [2.75, 3.05) is 11.9 Å². The third-order valence-corrected chi connectivity index (χ3v) is 3.26. The van der Waals surface area contributed by atoms with Gasteiger partial charge in [0, 0.05) is 5.69 Å². The Labute approximate surface area is 130 Å². The maximum absolute atomic E-state index is 11.9. The zero-order valence-electron chi connectivity index (χ0n) is 13.1. The molecule has 2 aromatic rings. The number of para-hydroxylation sites is 2. The molecule has 0 spiro atoms. The number of carbonyl (C=O) groups is 1. The molecule has 4 heteroatoms. The van der Waals surface area contributed by atoms with Crippen molar-refractivity contribution in [1.29, 1.82) is 0 Å². The van der Waals surface area contributed by atoms with Crippen LogP contribution >= 0.6 is 0 Å². The van der Waals surface area contributed by atoms with Gasteiger partial charge in [0.2, 0.25) is 0 Å². The van der Waals surface area contributed by atoms with E-state index >= 15 is 0 Å². The van der Waals surface area contributed by atoms with E-state index in [0.29, 0.717) is 5.75 Å². The Hall–Kier alpha value is -2.49. The monoisotopic (exact) mass is 299 g/mol. The van der Waals surface area contributed by atoms with Gasteiger partial charge in [-0.1, -0.05) is 45.0 Å². The van der Waals surface area contributed by atoms with Gasteiger partial charge in [0.25, 0.3) is 5.91 Å². The molecular formula is C18H21NO3. The zero-order valence-corrected chi connectivity index (χ0v) is 13.1. The summed E-state index contributed by atoms with van der Waals surface area (Å²) < 4.78 is 5.29. The summed E-state index contributed by atoms with van der Waals surface area (Å²) in [5, 5.41) is 12.3. The van der Waals surface area contributed by atoms with Crippen LogP contribution in [0.25, 0.3) is 0 Å². The van der Waals surface area contributed by atoms with Crippen molar-refractivity contribution in [1.82, 2.24) is 0 Å². The molecule has 0 aromatic heterocycles. The van der Waals surface area contributed by atoms with Gasteiger partial charge in [-0.05, 0) is 35.2 Å². The van der Waals surface area contributed by atoms with Crippen molar-refractivity contribution >= 4 is 11.6 Å². The maximum Gasteiger partial charge on any atom is 0.262 e. The molecular weight excluding hydrogens is 278 g/mol. The summed E-state index contributed by atoms with van der Waals surface area (Å²) in [5.41, 5.74) is 2.01. The van der Waals surface area contributed by atoms with E-state index in [4.69, 9.17) is 4.74 Å². The highest BCUT2D eigenvalue weighted by Crippen LogP contribution is 2.25. The molecule has 0 unspecified atom stereocenters. The molecule has 0 saturated heterocycles. The predicted octanol–water partition coefficient (Wildman–Crippen LogP) is 3.71. The first-order valence-corrected chi connectivity index (χ1v) is 7.17. The Morgan fingerprint density at radius 3 is 2.32 bits per heavy atom. The number of benzene rings is 2. The fourth-order valence-corrected chi connectivity index (χ4v) is 1.97. The Balaban J connectivity index is 1.91. The molecule has 0 aliphatic heterocycles. The van der Waals surface area contributed by atoms with Gasteiger partial charge in [0.15, 0.2) is 18.1 Å². The lowest BCUT2D eigenvalue weighted by atomic mass is 9.87. The first-order chi connectivity index (χ1) is 10.4. The summed E-state index contributed by atoms with van der Waals surface area (Å²) in [6.45, 7) is 6.26. The zero-order chi connectivity index (χ0) is 16.2. The average Bonchev–Trinajstić information content (AvgIpc) is 2.46. The van der Waals surface area contributed by atoms with E-state index in [2.05, 4.69) is 26.1 Å². The second-order valence-electron chi connectivity index (χ2n) is 6.13. The highest BCUT2D eigenvalue weighted by atomic mass is 16.5. The first-order valence-electron chi connectivity index (χ1n) is 7.17. The number of anilines is 1. The topological polar surface area (TPSA) is 58.6 Å². The van der Waals surface area contributed by atoms with Crippen LogP contribution in [0.2, 0.25) is 0 Å². The van der Waals surface area contributed by atoms with Crippen LogP contribution in [0.4, 0.5) is 5.69 Å². The van der Waals surface area contributed by atoms with Crippen LogP contribution in [0.15, 0.2) is 48.5 Å². The quantitative estimate of drug-likeness (QED) is 0.905. The number of hydrogen-bond donors (Lipinski definition) is 2. The van der Waals surface area contributed by atoms with Gasteiger partial charge >= 0.3 is 0 Å². The van der Waals surface area contributed by atoms with E-state index in [9.17, 15) is 9.90 Å². The van der Waals surface area contributed by atoms with E-state index in [1.165, 1.54) is 11.6 Å². The van der Waals surface area contributed by atoms with Gasteiger partial charge in [-0.25, -0.2) is 0 Å². The number of phenolic OH excluding ortho intramolecular Hbond substituents is 1. The van der Waals surface area contributed by atoms with Crippen LogP contribution in [0.3, 0.4) is 0 Å². The summed E-state index contributed by atoms with van der Waals surface area (Å²) in [5.74, 6) is 0.0392. The fraction of sp³-hybridized carbons (Fsp3) is 0.278. The summed E-state index contributed by atoms with van der Waals surface area (Å²) in [4.78, 5) is 11.9. The van der Waals surface area contributed by atoms with Crippen LogP contribution in [-0.4, -0.2) is 17.6 Å². The number of carbonyl (C=O) groups excluding carboxylic acids is 1. The number of hydrogen-bond acceptors (Lipinski definition) is 3. The second-order valence-corrected chi connectivity index (χ2v) is 6.13. The lowest BCUT2D eigenvalue weighted by Crippen LogP contribution is -2.20. The molecule has 1 amide bonds. The molecule has 0 heterocycles. The smallest absolute Gasteiger partial charge is 0.262 e. The molecule has 2 N–H and O–H groups in total. The third-order valence-electron chi connectivity index (χ3n) is 3.26. The molecule has 0 saturated carbocycles. The summed E-state index contributed by atoms with van der Waals surface area (Å²) in [7, 11) is 0. The largest absolute Gasteiger partial charge is 0.504 e. The van der Waals surface area contributed by atoms with E-state index in [0.717, 1.165) is 5.69 Å². The van der Waals surface area contributed by atoms with Crippen LogP contribution < -0.4 is 10.1 Å². The van der Waals surface area contributed by atoms with Crippen LogP contribution in [0.5, 0.6) is 11.5 Å². The van der Waals surface area contributed by atoms with Gasteiger partial charge < -0.3 is 15.2 Å². The molecule has 0 aliphatic carbocycles. The van der Waals surface area contributed by atoms with Crippen molar-refractivity contribution in [2.24, 2.45) is 0 Å². The first kappa shape index (κ1) is 15.9. The number of ether oxygens (including phenoxy) is 1. The molecule has 116 valence electrons. The summed E-state index contributed by atoms with van der Waals surface area (Å²) >= 11 is 0. The van der Waals surface area contributed by atoms with Crippen molar-refractivity contribution < 1.29 is 14.6 Å². The van der Waals surface area contributed by atoms with Gasteiger partial charge in [-0.2, -0.15) is 0 Å². The molecule has 22 heavy (non-hydrogen) atoms. The van der Waals surface area contributed by atoms with Crippen molar-refractivity contribution in [3.63, 3.8) is 0 Å². The Kier molecular flexibility index (Phi) is 4.71. The summed E-state index contributed by atoms with van der Waals surface area (Å²) in [6.07, 6.45) is 0. The SMILES string of the molecule is CC(C)(C)c1ccc(NC(=O)COc2ccccc2O)cc1. The number of amides is 1. The minimum atomic E-state index is -0.272. The Morgan fingerprint density at radius 1 is 1.09 bits per heavy atom. The number of aromatic hydroxyl groups is 1. The lowest BCUT2D eigenvalue weighted by molar-refractivity contribution is -0.118. The van der Waals surface area contributed by atoms with E-state index in [-0.39, 0.29) is 23.7 Å². The van der Waals surface area contributed by atoms with Gasteiger partial charge in [0.1, 0.15) is 0 Å². The molecule has 2 aromatic carbocycles. The minimum absolute atomic E-state index is 0.0184. The average molecular weight is 299 g/mol. The van der Waals surface area contributed by atoms with Crippen molar-refractivity contribution in [3.05, 3.63) is 54.1 Å².